The van der Waals surface area contributed by atoms with Crippen LogP contribution < -0.4 is 0 Å². The molecule has 0 saturated carbocycles. The second-order valence-corrected chi connectivity index (χ2v) is 6.17. The highest BCUT2D eigenvalue weighted by molar-refractivity contribution is 4.99. The van der Waals surface area contributed by atoms with E-state index in [4.69, 9.17) is 0 Å². The van der Waals surface area contributed by atoms with Crippen LogP contribution in [0.1, 0.15) is 33.6 Å². The van der Waals surface area contributed by atoms with E-state index < -0.39 is 12.2 Å². The quantitative estimate of drug-likeness (QED) is 0.705. The average Bonchev–Trinajstić information content (AvgIpc) is 2.44. The zero-order valence-electron chi connectivity index (χ0n) is 10.7. The molecule has 0 unspecified atom stereocenters. The molecule has 2 rings (SSSR count). The third-order valence-corrected chi connectivity index (χ3v) is 3.95. The molecule has 0 N–H and O–H groups in total. The summed E-state index contributed by atoms with van der Waals surface area (Å²) in [5.74, 6) is 0. The summed E-state index contributed by atoms with van der Waals surface area (Å²) in [6, 6.07) is -1.10. The van der Waals surface area contributed by atoms with Crippen molar-refractivity contribution in [2.75, 3.05) is 19.6 Å². The van der Waals surface area contributed by atoms with Crippen molar-refractivity contribution in [1.29, 1.82) is 0 Å². The third-order valence-electron chi connectivity index (χ3n) is 3.95. The van der Waals surface area contributed by atoms with Gasteiger partial charge in [0.05, 0.1) is 0 Å². The van der Waals surface area contributed by atoms with Gasteiger partial charge in [-0.25, -0.2) is 0 Å². The van der Waals surface area contributed by atoms with Crippen molar-refractivity contribution in [1.82, 2.24) is 9.80 Å². The van der Waals surface area contributed by atoms with Gasteiger partial charge in [-0.1, -0.05) is 0 Å². The average molecular weight is 250 g/mol. The predicted octanol–water partition coefficient (Wildman–Crippen LogP) is 2.50. The Kier molecular flexibility index (Phi) is 3.19. The fraction of sp³-hybridized carbons (Fsp3) is 1.00. The smallest absolute Gasteiger partial charge is 0.295 e. The van der Waals surface area contributed by atoms with Gasteiger partial charge in [-0.15, -0.1) is 0 Å². The highest BCUT2D eigenvalue weighted by Crippen LogP contribution is 2.36. The molecule has 0 aromatic heterocycles. The number of rotatable bonds is 1. The van der Waals surface area contributed by atoms with E-state index in [2.05, 4.69) is 25.7 Å². The lowest BCUT2D eigenvalue weighted by molar-refractivity contribution is -0.189. The van der Waals surface area contributed by atoms with Crippen molar-refractivity contribution in [3.63, 3.8) is 0 Å². The standard InChI is InChI=1S/C12H21F3N2/c1-11(2,3)16-7-9(8-16)17-6-4-5-10(17)12(13,14)15/h9-10H,4-8H2,1-3H3/t10-/m1/s1. The van der Waals surface area contributed by atoms with Crippen LogP contribution in [0, 0.1) is 0 Å². The normalized spacial score (nSPS) is 29.6. The van der Waals surface area contributed by atoms with Crippen LogP contribution in [0.25, 0.3) is 0 Å². The number of halogens is 3. The Balaban J connectivity index is 1.93. The van der Waals surface area contributed by atoms with Gasteiger partial charge < -0.3 is 0 Å². The van der Waals surface area contributed by atoms with Crippen LogP contribution in [0.15, 0.2) is 0 Å². The first-order valence-electron chi connectivity index (χ1n) is 6.27. The monoisotopic (exact) mass is 250 g/mol. The van der Waals surface area contributed by atoms with Crippen molar-refractivity contribution in [3.05, 3.63) is 0 Å². The van der Waals surface area contributed by atoms with E-state index in [0.29, 0.717) is 13.0 Å². The van der Waals surface area contributed by atoms with E-state index >= 15 is 0 Å². The lowest BCUT2D eigenvalue weighted by Gasteiger charge is -2.52. The summed E-state index contributed by atoms with van der Waals surface area (Å²) in [6.07, 6.45) is -3.11. The van der Waals surface area contributed by atoms with Gasteiger partial charge in [0.2, 0.25) is 0 Å². The fourth-order valence-corrected chi connectivity index (χ4v) is 2.79. The first-order chi connectivity index (χ1) is 7.69. The van der Waals surface area contributed by atoms with Crippen LogP contribution in [0.2, 0.25) is 0 Å². The third kappa shape index (κ3) is 2.60. The number of likely N-dealkylation sites (tertiary alicyclic amines) is 2. The molecule has 0 bridgehead atoms. The molecule has 2 heterocycles. The second-order valence-electron chi connectivity index (χ2n) is 6.17. The van der Waals surface area contributed by atoms with Gasteiger partial charge >= 0.3 is 6.18 Å². The van der Waals surface area contributed by atoms with Gasteiger partial charge in [-0.2, -0.15) is 13.2 Å². The van der Waals surface area contributed by atoms with Gasteiger partial charge in [0, 0.05) is 24.7 Å². The van der Waals surface area contributed by atoms with Crippen molar-refractivity contribution in [2.24, 2.45) is 0 Å². The van der Waals surface area contributed by atoms with Gasteiger partial charge in [0.15, 0.2) is 0 Å². The molecule has 0 aromatic rings. The molecule has 0 aromatic carbocycles. The molecule has 2 saturated heterocycles. The zero-order chi connectivity index (χ0) is 12.8. The van der Waals surface area contributed by atoms with E-state index in [1.165, 1.54) is 0 Å². The van der Waals surface area contributed by atoms with Crippen molar-refractivity contribution >= 4 is 0 Å². The van der Waals surface area contributed by atoms with Gasteiger partial charge in [-0.3, -0.25) is 9.80 Å². The van der Waals surface area contributed by atoms with Crippen LogP contribution in [-0.2, 0) is 0 Å². The molecule has 0 spiro atoms. The maximum atomic E-state index is 12.8. The lowest BCUT2D eigenvalue weighted by Crippen LogP contribution is -2.66. The van der Waals surface area contributed by atoms with Crippen LogP contribution in [-0.4, -0.2) is 53.2 Å². The zero-order valence-corrected chi connectivity index (χ0v) is 10.7. The maximum absolute atomic E-state index is 12.8. The van der Waals surface area contributed by atoms with E-state index in [0.717, 1.165) is 13.1 Å². The minimum absolute atomic E-state index is 0.0734. The second kappa shape index (κ2) is 4.12. The number of hydrogen-bond donors (Lipinski definition) is 0. The Bertz CT molecular complexity index is 276. The van der Waals surface area contributed by atoms with Crippen LogP contribution >= 0.6 is 0 Å². The maximum Gasteiger partial charge on any atom is 0.404 e. The minimum atomic E-state index is -4.06. The lowest BCUT2D eigenvalue weighted by atomic mass is 9.96. The van der Waals surface area contributed by atoms with Crippen LogP contribution in [0.3, 0.4) is 0 Å². The van der Waals surface area contributed by atoms with E-state index in [1.807, 2.05) is 0 Å². The molecule has 5 heteroatoms. The molecule has 0 amide bonds. The van der Waals surface area contributed by atoms with E-state index in [9.17, 15) is 13.2 Å². The van der Waals surface area contributed by atoms with Gasteiger partial charge in [0.1, 0.15) is 6.04 Å². The van der Waals surface area contributed by atoms with Crippen LogP contribution in [0.5, 0.6) is 0 Å². The van der Waals surface area contributed by atoms with Crippen LogP contribution in [0.4, 0.5) is 13.2 Å². The van der Waals surface area contributed by atoms with Crippen molar-refractivity contribution < 1.29 is 13.2 Å². The molecule has 0 radical (unpaired) electrons. The largest absolute Gasteiger partial charge is 0.404 e. The minimum Gasteiger partial charge on any atom is -0.295 e. The molecule has 2 fully saturated rings. The molecule has 1 atom stereocenters. The Morgan fingerprint density at radius 3 is 2.12 bits per heavy atom. The Morgan fingerprint density at radius 2 is 1.65 bits per heavy atom. The van der Waals surface area contributed by atoms with E-state index in [-0.39, 0.29) is 18.0 Å². The van der Waals surface area contributed by atoms with Crippen molar-refractivity contribution in [2.45, 2.75) is 57.4 Å². The summed E-state index contributed by atoms with van der Waals surface area (Å²) in [6.45, 7) is 8.47. The summed E-state index contributed by atoms with van der Waals surface area (Å²) in [5.41, 5.74) is 0.0734. The van der Waals surface area contributed by atoms with Crippen molar-refractivity contribution in [3.8, 4) is 0 Å². The van der Waals surface area contributed by atoms with E-state index in [1.54, 1.807) is 4.90 Å². The number of hydrogen-bond acceptors (Lipinski definition) is 2. The molecule has 2 nitrogen and oxygen atoms in total. The first kappa shape index (κ1) is 13.1. The molecule has 0 aliphatic carbocycles. The molecule has 2 aliphatic rings. The first-order valence-corrected chi connectivity index (χ1v) is 6.27. The SMILES string of the molecule is CC(C)(C)N1CC(N2CCC[C@@H]2C(F)(F)F)C1. The number of alkyl halides is 3. The molecule has 2 aliphatic heterocycles. The van der Waals surface area contributed by atoms with Gasteiger partial charge in [0.25, 0.3) is 0 Å². The topological polar surface area (TPSA) is 6.48 Å². The molecular weight excluding hydrogens is 229 g/mol. The Morgan fingerprint density at radius 1 is 1.06 bits per heavy atom. The number of nitrogens with zero attached hydrogens (tertiary/aromatic N) is 2. The molecule has 17 heavy (non-hydrogen) atoms. The summed E-state index contributed by atoms with van der Waals surface area (Å²) in [7, 11) is 0. The summed E-state index contributed by atoms with van der Waals surface area (Å²) < 4.78 is 38.4. The summed E-state index contributed by atoms with van der Waals surface area (Å²) >= 11 is 0. The Labute approximate surface area is 101 Å². The Hall–Kier alpha value is -0.290. The molecule has 100 valence electrons. The molecular formula is C12H21F3N2. The summed E-state index contributed by atoms with van der Waals surface area (Å²) in [5, 5.41) is 0. The highest BCUT2D eigenvalue weighted by atomic mass is 19.4. The fourth-order valence-electron chi connectivity index (χ4n) is 2.79. The van der Waals surface area contributed by atoms with Gasteiger partial charge in [-0.05, 0) is 40.2 Å². The summed E-state index contributed by atoms with van der Waals surface area (Å²) in [4.78, 5) is 3.91. The highest BCUT2D eigenvalue weighted by Gasteiger charge is 2.50. The predicted molar refractivity (Wildman–Crippen MR) is 60.9 cm³/mol.